The maximum atomic E-state index is 11.9. The number of rotatable bonds is 3. The molecule has 22 heavy (non-hydrogen) atoms. The van der Waals surface area contributed by atoms with E-state index >= 15 is 0 Å². The van der Waals surface area contributed by atoms with E-state index in [1.54, 1.807) is 12.3 Å². The first-order valence-electron chi connectivity index (χ1n) is 7.83. The molecule has 0 unspecified atom stereocenters. The van der Waals surface area contributed by atoms with Gasteiger partial charge in [-0.15, -0.1) is 0 Å². The molecule has 1 saturated carbocycles. The molecule has 4 nitrogen and oxygen atoms in total. The van der Waals surface area contributed by atoms with E-state index in [-0.39, 0.29) is 5.97 Å². The van der Waals surface area contributed by atoms with Gasteiger partial charge < -0.3 is 9.64 Å². The molecule has 1 aromatic carbocycles. The van der Waals surface area contributed by atoms with Gasteiger partial charge in [0, 0.05) is 35.8 Å². The zero-order chi connectivity index (χ0) is 15.3. The summed E-state index contributed by atoms with van der Waals surface area (Å²) in [5.74, 6) is 0.604. The lowest BCUT2D eigenvalue weighted by Gasteiger charge is -2.50. The van der Waals surface area contributed by atoms with Gasteiger partial charge in [-0.05, 0) is 43.0 Å². The molecule has 1 aliphatic heterocycles. The van der Waals surface area contributed by atoms with Crippen molar-refractivity contribution in [2.75, 3.05) is 25.1 Å². The zero-order valence-electron chi connectivity index (χ0n) is 13.0. The Balaban J connectivity index is 1.67. The number of fused-ring (bicyclic) bond motifs is 1. The van der Waals surface area contributed by atoms with Crippen molar-refractivity contribution in [3.63, 3.8) is 0 Å². The SMILES string of the molecule is COC(=O)c1ccnc2ccc(N3CC(C)(C4CC4)C3)cc12. The van der Waals surface area contributed by atoms with E-state index in [0.717, 1.165) is 29.9 Å². The van der Waals surface area contributed by atoms with Gasteiger partial charge in [-0.25, -0.2) is 4.79 Å². The standard InChI is InChI=1S/C18H20N2O2/c1-18(12-3-4-12)10-20(11-18)13-5-6-16-15(9-13)14(7-8-19-16)17(21)22-2/h5-9,12H,3-4,10-11H2,1-2H3. The topological polar surface area (TPSA) is 42.4 Å². The van der Waals surface area contributed by atoms with Crippen LogP contribution in [0.1, 0.15) is 30.1 Å². The number of anilines is 1. The number of pyridine rings is 1. The Morgan fingerprint density at radius 1 is 1.32 bits per heavy atom. The normalized spacial score (nSPS) is 19.8. The van der Waals surface area contributed by atoms with Gasteiger partial charge in [-0.1, -0.05) is 6.92 Å². The quantitative estimate of drug-likeness (QED) is 0.815. The maximum Gasteiger partial charge on any atom is 0.338 e. The van der Waals surface area contributed by atoms with Crippen LogP contribution in [-0.2, 0) is 4.74 Å². The second-order valence-electron chi connectivity index (χ2n) is 6.84. The molecule has 2 heterocycles. The molecule has 1 saturated heterocycles. The predicted octanol–water partition coefficient (Wildman–Crippen LogP) is 3.26. The molecule has 0 amide bonds. The van der Waals surface area contributed by atoms with Gasteiger partial charge in [0.1, 0.15) is 0 Å². The number of carbonyl (C=O) groups excluding carboxylic acids is 1. The molecule has 0 radical (unpaired) electrons. The van der Waals surface area contributed by atoms with E-state index in [1.165, 1.54) is 25.6 Å². The van der Waals surface area contributed by atoms with Crippen LogP contribution in [0, 0.1) is 11.3 Å². The fourth-order valence-corrected chi connectivity index (χ4v) is 3.67. The molecule has 0 bridgehead atoms. The first-order chi connectivity index (χ1) is 10.6. The Morgan fingerprint density at radius 2 is 2.09 bits per heavy atom. The monoisotopic (exact) mass is 296 g/mol. The highest BCUT2D eigenvalue weighted by Gasteiger charge is 2.49. The number of aromatic nitrogens is 1. The molecule has 1 aromatic heterocycles. The summed E-state index contributed by atoms with van der Waals surface area (Å²) in [7, 11) is 1.41. The number of hydrogen-bond donors (Lipinski definition) is 0. The molecule has 2 aliphatic rings. The van der Waals surface area contributed by atoms with Gasteiger partial charge in [0.25, 0.3) is 0 Å². The average Bonchev–Trinajstić information content (AvgIpc) is 3.35. The third-order valence-corrected chi connectivity index (χ3v) is 5.16. The number of ether oxygens (including phenoxy) is 1. The molecule has 2 aromatic rings. The summed E-state index contributed by atoms with van der Waals surface area (Å²) in [6, 6.07) is 7.89. The Bertz CT molecular complexity index is 746. The van der Waals surface area contributed by atoms with Gasteiger partial charge >= 0.3 is 5.97 Å². The van der Waals surface area contributed by atoms with Crippen LogP contribution in [0.25, 0.3) is 10.9 Å². The van der Waals surface area contributed by atoms with Crippen LogP contribution in [0.5, 0.6) is 0 Å². The number of nitrogens with zero attached hydrogens (tertiary/aromatic N) is 2. The van der Waals surface area contributed by atoms with Gasteiger partial charge in [-0.2, -0.15) is 0 Å². The zero-order valence-corrected chi connectivity index (χ0v) is 13.0. The Kier molecular flexibility index (Phi) is 2.90. The molecule has 0 atom stereocenters. The number of benzene rings is 1. The maximum absolute atomic E-state index is 11.9. The highest BCUT2D eigenvalue weighted by Crippen LogP contribution is 2.51. The second kappa shape index (κ2) is 4.70. The minimum Gasteiger partial charge on any atom is -0.465 e. The van der Waals surface area contributed by atoms with E-state index in [1.807, 2.05) is 6.07 Å². The third kappa shape index (κ3) is 2.05. The molecule has 1 aliphatic carbocycles. The van der Waals surface area contributed by atoms with E-state index in [9.17, 15) is 4.79 Å². The number of methoxy groups -OCH3 is 1. The lowest BCUT2D eigenvalue weighted by atomic mass is 9.77. The summed E-state index contributed by atoms with van der Waals surface area (Å²) in [6.45, 7) is 4.61. The van der Waals surface area contributed by atoms with E-state index in [0.29, 0.717) is 11.0 Å². The first-order valence-corrected chi connectivity index (χ1v) is 7.83. The third-order valence-electron chi connectivity index (χ3n) is 5.16. The summed E-state index contributed by atoms with van der Waals surface area (Å²) in [4.78, 5) is 18.7. The molecule has 0 spiro atoms. The molecule has 2 fully saturated rings. The van der Waals surface area contributed by atoms with Crippen molar-refractivity contribution in [3.8, 4) is 0 Å². The molecule has 0 N–H and O–H groups in total. The Labute approximate surface area is 130 Å². The van der Waals surface area contributed by atoms with Crippen molar-refractivity contribution in [1.82, 2.24) is 4.98 Å². The minimum atomic E-state index is -0.309. The molecule has 114 valence electrons. The molecular formula is C18H20N2O2. The van der Waals surface area contributed by atoms with Gasteiger partial charge in [0.15, 0.2) is 0 Å². The van der Waals surface area contributed by atoms with Crippen molar-refractivity contribution >= 4 is 22.6 Å². The van der Waals surface area contributed by atoms with Crippen LogP contribution in [0.2, 0.25) is 0 Å². The number of carbonyl (C=O) groups is 1. The largest absolute Gasteiger partial charge is 0.465 e. The van der Waals surface area contributed by atoms with Crippen molar-refractivity contribution in [2.24, 2.45) is 11.3 Å². The summed E-state index contributed by atoms with van der Waals surface area (Å²) < 4.78 is 4.88. The van der Waals surface area contributed by atoms with Crippen LogP contribution < -0.4 is 4.90 Å². The van der Waals surface area contributed by atoms with Crippen LogP contribution in [0.15, 0.2) is 30.5 Å². The van der Waals surface area contributed by atoms with Crippen LogP contribution in [0.3, 0.4) is 0 Å². The number of hydrogen-bond acceptors (Lipinski definition) is 4. The Morgan fingerprint density at radius 3 is 2.77 bits per heavy atom. The van der Waals surface area contributed by atoms with Crippen molar-refractivity contribution in [1.29, 1.82) is 0 Å². The predicted molar refractivity (Wildman–Crippen MR) is 86.1 cm³/mol. The van der Waals surface area contributed by atoms with E-state index < -0.39 is 0 Å². The smallest absolute Gasteiger partial charge is 0.338 e. The van der Waals surface area contributed by atoms with Crippen LogP contribution in [0.4, 0.5) is 5.69 Å². The molecular weight excluding hydrogens is 276 g/mol. The summed E-state index contributed by atoms with van der Waals surface area (Å²) in [5, 5.41) is 0.867. The number of esters is 1. The van der Waals surface area contributed by atoms with Gasteiger partial charge in [-0.3, -0.25) is 4.98 Å². The fraction of sp³-hybridized carbons (Fsp3) is 0.444. The van der Waals surface area contributed by atoms with Gasteiger partial charge in [0.05, 0.1) is 18.2 Å². The summed E-state index contributed by atoms with van der Waals surface area (Å²) in [5.41, 5.74) is 3.07. The van der Waals surface area contributed by atoms with Crippen molar-refractivity contribution in [2.45, 2.75) is 19.8 Å². The second-order valence-corrected chi connectivity index (χ2v) is 6.84. The highest BCUT2D eigenvalue weighted by molar-refractivity contribution is 6.04. The van der Waals surface area contributed by atoms with Gasteiger partial charge in [0.2, 0.25) is 0 Å². The fourth-order valence-electron chi connectivity index (χ4n) is 3.67. The first kappa shape index (κ1) is 13.6. The van der Waals surface area contributed by atoms with Crippen LogP contribution in [-0.4, -0.2) is 31.2 Å². The minimum absolute atomic E-state index is 0.309. The highest BCUT2D eigenvalue weighted by atomic mass is 16.5. The van der Waals surface area contributed by atoms with Crippen molar-refractivity contribution < 1.29 is 9.53 Å². The summed E-state index contributed by atoms with van der Waals surface area (Å²) >= 11 is 0. The van der Waals surface area contributed by atoms with E-state index in [2.05, 4.69) is 28.9 Å². The lowest BCUT2D eigenvalue weighted by molar-refractivity contribution is 0.0603. The average molecular weight is 296 g/mol. The van der Waals surface area contributed by atoms with Crippen LogP contribution >= 0.6 is 0 Å². The van der Waals surface area contributed by atoms with Crippen molar-refractivity contribution in [3.05, 3.63) is 36.0 Å². The lowest BCUT2D eigenvalue weighted by Crippen LogP contribution is -2.56. The summed E-state index contributed by atoms with van der Waals surface area (Å²) in [6.07, 6.45) is 4.43. The van der Waals surface area contributed by atoms with E-state index in [4.69, 9.17) is 4.74 Å². The Hall–Kier alpha value is -2.10. The molecule has 4 heteroatoms. The molecule has 4 rings (SSSR count).